The molecule has 0 aromatic carbocycles. The van der Waals surface area contributed by atoms with Crippen molar-refractivity contribution in [2.75, 3.05) is 19.7 Å². The Morgan fingerprint density at radius 1 is 1.36 bits per heavy atom. The number of thiophene rings is 2. The van der Waals surface area contributed by atoms with Crippen LogP contribution in [0.1, 0.15) is 47.8 Å². The minimum absolute atomic E-state index is 0.0595. The fourth-order valence-corrected chi connectivity index (χ4v) is 5.45. The van der Waals surface area contributed by atoms with Crippen LogP contribution in [0.15, 0.2) is 11.4 Å². The number of carbonyl (C=O) groups excluding carboxylic acids is 2. The second-order valence-corrected chi connectivity index (χ2v) is 8.22. The Morgan fingerprint density at radius 2 is 2.16 bits per heavy atom. The third-order valence-corrected chi connectivity index (χ3v) is 6.83. The minimum Gasteiger partial charge on any atom is -0.462 e. The van der Waals surface area contributed by atoms with Crippen LogP contribution in [0.3, 0.4) is 0 Å². The molecule has 0 saturated carbocycles. The molecule has 5 nitrogen and oxygen atoms in total. The summed E-state index contributed by atoms with van der Waals surface area (Å²) in [6.45, 7) is 4.66. The Kier molecular flexibility index (Phi) is 6.45. The summed E-state index contributed by atoms with van der Waals surface area (Å²) in [7, 11) is 0. The first-order valence-electron chi connectivity index (χ1n) is 8.82. The summed E-state index contributed by atoms with van der Waals surface area (Å²) < 4.78 is 7.31. The Balaban J connectivity index is 1.59. The standard InChI is InChI=1S/C18H24N2O3S2/c1-2-23-18(22)17-13(16-14(25-17)7-10-24-16)11-20-15(21)4-3-12-5-8-19-9-6-12/h7,10,12,19H,2-6,8-9,11H2,1H3,(H,20,21). The largest absolute Gasteiger partial charge is 0.462 e. The fraction of sp³-hybridized carbons (Fsp3) is 0.556. The maximum absolute atomic E-state index is 12.2. The lowest BCUT2D eigenvalue weighted by atomic mass is 9.93. The van der Waals surface area contributed by atoms with E-state index in [-0.39, 0.29) is 11.9 Å². The van der Waals surface area contributed by atoms with Crippen molar-refractivity contribution in [3.05, 3.63) is 21.9 Å². The molecular formula is C18H24N2O3S2. The molecule has 0 radical (unpaired) electrons. The second kappa shape index (κ2) is 8.78. The zero-order valence-corrected chi connectivity index (χ0v) is 16.1. The maximum Gasteiger partial charge on any atom is 0.348 e. The van der Waals surface area contributed by atoms with E-state index in [1.165, 1.54) is 11.3 Å². The molecule has 25 heavy (non-hydrogen) atoms. The van der Waals surface area contributed by atoms with Crippen LogP contribution in [0.4, 0.5) is 0 Å². The quantitative estimate of drug-likeness (QED) is 0.721. The molecule has 3 heterocycles. The van der Waals surface area contributed by atoms with Gasteiger partial charge in [0.05, 0.1) is 11.3 Å². The van der Waals surface area contributed by atoms with Crippen LogP contribution < -0.4 is 10.6 Å². The van der Waals surface area contributed by atoms with Gasteiger partial charge in [-0.05, 0) is 56.6 Å². The van der Waals surface area contributed by atoms with E-state index in [9.17, 15) is 9.59 Å². The third-order valence-electron chi connectivity index (χ3n) is 4.55. The number of hydrogen-bond acceptors (Lipinski definition) is 6. The van der Waals surface area contributed by atoms with E-state index in [1.54, 1.807) is 18.3 Å². The number of fused-ring (bicyclic) bond motifs is 1. The topological polar surface area (TPSA) is 67.4 Å². The molecule has 0 unspecified atom stereocenters. The number of amides is 1. The molecule has 2 aromatic heterocycles. The van der Waals surface area contributed by atoms with Crippen LogP contribution in [-0.4, -0.2) is 31.6 Å². The number of rotatable bonds is 7. The predicted octanol–water partition coefficient (Wildman–Crippen LogP) is 3.54. The lowest BCUT2D eigenvalue weighted by Gasteiger charge is -2.22. The van der Waals surface area contributed by atoms with Crippen molar-refractivity contribution in [1.82, 2.24) is 10.6 Å². The van der Waals surface area contributed by atoms with E-state index in [2.05, 4.69) is 10.6 Å². The third kappa shape index (κ3) is 4.59. The fourth-order valence-electron chi connectivity index (χ4n) is 3.18. The molecule has 2 N–H and O–H groups in total. The molecule has 1 aliphatic heterocycles. The van der Waals surface area contributed by atoms with Gasteiger partial charge in [-0.2, -0.15) is 0 Å². The van der Waals surface area contributed by atoms with Crippen molar-refractivity contribution in [2.24, 2.45) is 5.92 Å². The van der Waals surface area contributed by atoms with Gasteiger partial charge in [-0.15, -0.1) is 22.7 Å². The van der Waals surface area contributed by atoms with Crippen molar-refractivity contribution < 1.29 is 14.3 Å². The smallest absolute Gasteiger partial charge is 0.348 e. The Morgan fingerprint density at radius 3 is 2.92 bits per heavy atom. The van der Waals surface area contributed by atoms with Crippen molar-refractivity contribution >= 4 is 43.9 Å². The highest BCUT2D eigenvalue weighted by Gasteiger charge is 2.21. The molecule has 1 aliphatic rings. The molecule has 0 atom stereocenters. The number of esters is 1. The first-order valence-corrected chi connectivity index (χ1v) is 10.5. The summed E-state index contributed by atoms with van der Waals surface area (Å²) in [6.07, 6.45) is 3.80. The van der Waals surface area contributed by atoms with Gasteiger partial charge in [-0.1, -0.05) is 0 Å². The molecule has 0 bridgehead atoms. The highest BCUT2D eigenvalue weighted by molar-refractivity contribution is 7.28. The van der Waals surface area contributed by atoms with E-state index in [4.69, 9.17) is 4.74 Å². The van der Waals surface area contributed by atoms with Gasteiger partial charge in [0.25, 0.3) is 0 Å². The summed E-state index contributed by atoms with van der Waals surface area (Å²) in [4.78, 5) is 25.0. The molecule has 7 heteroatoms. The van der Waals surface area contributed by atoms with Gasteiger partial charge < -0.3 is 15.4 Å². The number of piperidine rings is 1. The van der Waals surface area contributed by atoms with E-state index in [0.29, 0.717) is 30.4 Å². The molecule has 3 rings (SSSR count). The summed E-state index contributed by atoms with van der Waals surface area (Å²) in [5.74, 6) is 0.409. The normalized spacial score (nSPS) is 15.4. The molecular weight excluding hydrogens is 356 g/mol. The van der Waals surface area contributed by atoms with Gasteiger partial charge in [-0.3, -0.25) is 4.79 Å². The molecule has 1 amide bonds. The van der Waals surface area contributed by atoms with Crippen LogP contribution >= 0.6 is 22.7 Å². The SMILES string of the molecule is CCOC(=O)c1sc2ccsc2c1CNC(=O)CCC1CCNCC1. The molecule has 0 aliphatic carbocycles. The van der Waals surface area contributed by atoms with Gasteiger partial charge in [0.2, 0.25) is 5.91 Å². The molecule has 0 spiro atoms. The molecule has 136 valence electrons. The second-order valence-electron chi connectivity index (χ2n) is 6.25. The minimum atomic E-state index is -0.296. The maximum atomic E-state index is 12.2. The number of hydrogen-bond donors (Lipinski definition) is 2. The Hall–Kier alpha value is -1.44. The molecule has 2 aromatic rings. The van der Waals surface area contributed by atoms with E-state index >= 15 is 0 Å². The summed E-state index contributed by atoms with van der Waals surface area (Å²) in [6, 6.07) is 2.01. The summed E-state index contributed by atoms with van der Waals surface area (Å²) in [5, 5.41) is 8.35. The average Bonchev–Trinajstić information content (AvgIpc) is 3.20. The lowest BCUT2D eigenvalue weighted by molar-refractivity contribution is -0.121. The zero-order valence-electron chi connectivity index (χ0n) is 14.4. The van der Waals surface area contributed by atoms with Crippen molar-refractivity contribution in [3.8, 4) is 0 Å². The van der Waals surface area contributed by atoms with Gasteiger partial charge in [0, 0.05) is 23.2 Å². The van der Waals surface area contributed by atoms with E-state index in [0.717, 1.165) is 47.3 Å². The van der Waals surface area contributed by atoms with Crippen molar-refractivity contribution in [3.63, 3.8) is 0 Å². The summed E-state index contributed by atoms with van der Waals surface area (Å²) in [5.41, 5.74) is 0.892. The number of carbonyl (C=O) groups is 2. The van der Waals surface area contributed by atoms with Crippen LogP contribution in [0.25, 0.3) is 9.40 Å². The van der Waals surface area contributed by atoms with Crippen molar-refractivity contribution in [1.29, 1.82) is 0 Å². The van der Waals surface area contributed by atoms with Gasteiger partial charge in [0.15, 0.2) is 0 Å². The van der Waals surface area contributed by atoms with E-state index < -0.39 is 0 Å². The number of ether oxygens (including phenoxy) is 1. The van der Waals surface area contributed by atoms with Gasteiger partial charge >= 0.3 is 5.97 Å². The van der Waals surface area contributed by atoms with Crippen molar-refractivity contribution in [2.45, 2.75) is 39.2 Å². The van der Waals surface area contributed by atoms with Crippen LogP contribution in [0.5, 0.6) is 0 Å². The Labute approximate surface area is 155 Å². The van der Waals surface area contributed by atoms with Gasteiger partial charge in [0.1, 0.15) is 4.88 Å². The van der Waals surface area contributed by atoms with E-state index in [1.807, 2.05) is 11.4 Å². The summed E-state index contributed by atoms with van der Waals surface area (Å²) >= 11 is 3.05. The Bertz CT molecular complexity index is 732. The average molecular weight is 381 g/mol. The first kappa shape index (κ1) is 18.4. The monoisotopic (exact) mass is 380 g/mol. The lowest BCUT2D eigenvalue weighted by Crippen LogP contribution is -2.29. The van der Waals surface area contributed by atoms with Crippen LogP contribution in [0.2, 0.25) is 0 Å². The highest BCUT2D eigenvalue weighted by atomic mass is 32.1. The van der Waals surface area contributed by atoms with Crippen LogP contribution in [0, 0.1) is 5.92 Å². The van der Waals surface area contributed by atoms with Crippen LogP contribution in [-0.2, 0) is 16.1 Å². The highest BCUT2D eigenvalue weighted by Crippen LogP contribution is 2.35. The predicted molar refractivity (Wildman–Crippen MR) is 102 cm³/mol. The zero-order chi connectivity index (χ0) is 17.6. The molecule has 1 fully saturated rings. The number of nitrogens with one attached hydrogen (secondary N) is 2. The first-order chi connectivity index (χ1) is 12.2. The molecule has 1 saturated heterocycles. The van der Waals surface area contributed by atoms with Gasteiger partial charge in [-0.25, -0.2) is 4.79 Å².